The van der Waals surface area contributed by atoms with Crippen LogP contribution in [0.2, 0.25) is 4.34 Å². The number of rotatable bonds is 4. The highest BCUT2D eigenvalue weighted by Gasteiger charge is 2.42. The fraction of sp³-hybridized carbons (Fsp3) is 0.545. The molecule has 19 heavy (non-hydrogen) atoms. The number of thiophene rings is 1. The van der Waals surface area contributed by atoms with Crippen molar-refractivity contribution in [1.29, 1.82) is 0 Å². The summed E-state index contributed by atoms with van der Waals surface area (Å²) >= 11 is 6.94. The van der Waals surface area contributed by atoms with E-state index >= 15 is 0 Å². The van der Waals surface area contributed by atoms with Crippen LogP contribution >= 0.6 is 22.9 Å². The molecule has 1 fully saturated rings. The third-order valence-corrected chi connectivity index (χ3v) is 4.15. The minimum absolute atomic E-state index is 0.0283. The lowest BCUT2D eigenvalue weighted by Crippen LogP contribution is -2.41. The van der Waals surface area contributed by atoms with E-state index in [9.17, 15) is 18.7 Å². The van der Waals surface area contributed by atoms with Crippen molar-refractivity contribution in [2.45, 2.75) is 24.5 Å². The standard InChI is InChI=1S/C11H13ClF2N2O2S/c12-9-2-1-8(19-9)7(17)4-15-10(18)6-3-11(13,14)5-16-6/h1-2,6-7,16-17H,3-5H2,(H,15,18). The van der Waals surface area contributed by atoms with Crippen LogP contribution in [-0.4, -0.2) is 36.1 Å². The molecule has 0 saturated carbocycles. The molecule has 0 radical (unpaired) electrons. The second-order valence-electron chi connectivity index (χ2n) is 4.40. The molecule has 1 aromatic heterocycles. The number of hydrogen-bond donors (Lipinski definition) is 3. The second-order valence-corrected chi connectivity index (χ2v) is 6.14. The van der Waals surface area contributed by atoms with Crippen molar-refractivity contribution >= 4 is 28.8 Å². The zero-order chi connectivity index (χ0) is 14.0. The Labute approximate surface area is 117 Å². The smallest absolute Gasteiger partial charge is 0.262 e. The predicted molar refractivity (Wildman–Crippen MR) is 68.7 cm³/mol. The van der Waals surface area contributed by atoms with E-state index < -0.39 is 36.9 Å². The highest BCUT2D eigenvalue weighted by atomic mass is 35.5. The van der Waals surface area contributed by atoms with E-state index in [2.05, 4.69) is 10.6 Å². The number of nitrogens with one attached hydrogen (secondary N) is 2. The van der Waals surface area contributed by atoms with Gasteiger partial charge in [0.25, 0.3) is 5.92 Å². The molecule has 3 N–H and O–H groups in total. The Morgan fingerprint density at radius 2 is 2.42 bits per heavy atom. The third-order valence-electron chi connectivity index (χ3n) is 2.82. The van der Waals surface area contributed by atoms with Crippen LogP contribution in [0.4, 0.5) is 8.78 Å². The quantitative estimate of drug-likeness (QED) is 0.791. The summed E-state index contributed by atoms with van der Waals surface area (Å²) in [6.07, 6.45) is -1.40. The van der Waals surface area contributed by atoms with Crippen LogP contribution < -0.4 is 10.6 Å². The van der Waals surface area contributed by atoms with Crippen molar-refractivity contribution in [2.75, 3.05) is 13.1 Å². The molecule has 2 rings (SSSR count). The lowest BCUT2D eigenvalue weighted by Gasteiger charge is -2.13. The van der Waals surface area contributed by atoms with Gasteiger partial charge in [-0.3, -0.25) is 10.1 Å². The van der Waals surface area contributed by atoms with E-state index in [-0.39, 0.29) is 6.54 Å². The van der Waals surface area contributed by atoms with Gasteiger partial charge in [-0.15, -0.1) is 11.3 Å². The van der Waals surface area contributed by atoms with Gasteiger partial charge in [0, 0.05) is 17.8 Å². The van der Waals surface area contributed by atoms with Crippen LogP contribution in [0.25, 0.3) is 0 Å². The zero-order valence-electron chi connectivity index (χ0n) is 9.83. The van der Waals surface area contributed by atoms with E-state index in [4.69, 9.17) is 11.6 Å². The van der Waals surface area contributed by atoms with Crippen LogP contribution in [0.15, 0.2) is 12.1 Å². The topological polar surface area (TPSA) is 61.4 Å². The lowest BCUT2D eigenvalue weighted by atomic mass is 10.2. The molecule has 1 aliphatic rings. The third kappa shape index (κ3) is 3.85. The number of hydrogen-bond acceptors (Lipinski definition) is 4. The minimum atomic E-state index is -2.85. The molecule has 2 heterocycles. The predicted octanol–water partition coefficient (Wildman–Crippen LogP) is 1.55. The summed E-state index contributed by atoms with van der Waals surface area (Å²) in [6.45, 7) is -0.520. The highest BCUT2D eigenvalue weighted by Crippen LogP contribution is 2.27. The Hall–Kier alpha value is -0.760. The molecule has 0 spiro atoms. The second kappa shape index (κ2) is 5.70. The lowest BCUT2D eigenvalue weighted by molar-refractivity contribution is -0.123. The molecule has 4 nitrogen and oxygen atoms in total. The Morgan fingerprint density at radius 1 is 1.68 bits per heavy atom. The maximum atomic E-state index is 12.9. The molecule has 1 saturated heterocycles. The number of halogens is 3. The van der Waals surface area contributed by atoms with Gasteiger partial charge >= 0.3 is 0 Å². The summed E-state index contributed by atoms with van der Waals surface area (Å²) < 4.78 is 26.4. The molecule has 2 unspecified atom stereocenters. The Morgan fingerprint density at radius 3 is 2.95 bits per heavy atom. The van der Waals surface area contributed by atoms with Crippen LogP contribution in [0, 0.1) is 0 Å². The SMILES string of the molecule is O=C(NCC(O)c1ccc(Cl)s1)C1CC(F)(F)CN1. The van der Waals surface area contributed by atoms with Crippen LogP contribution in [0.3, 0.4) is 0 Å². The number of alkyl halides is 2. The molecule has 106 valence electrons. The Balaban J connectivity index is 1.81. The van der Waals surface area contributed by atoms with Gasteiger partial charge in [-0.2, -0.15) is 0 Å². The summed E-state index contributed by atoms with van der Waals surface area (Å²) in [5.41, 5.74) is 0. The Bertz CT molecular complexity index is 469. The van der Waals surface area contributed by atoms with E-state index in [1.807, 2.05) is 0 Å². The van der Waals surface area contributed by atoms with Gasteiger partial charge in [0.1, 0.15) is 6.10 Å². The van der Waals surface area contributed by atoms with Crippen molar-refractivity contribution in [1.82, 2.24) is 10.6 Å². The number of amides is 1. The number of carbonyl (C=O) groups excluding carboxylic acids is 1. The monoisotopic (exact) mass is 310 g/mol. The molecule has 0 aromatic carbocycles. The molecular formula is C11H13ClF2N2O2S. The molecule has 1 aliphatic heterocycles. The average molecular weight is 311 g/mol. The van der Waals surface area contributed by atoms with Crippen molar-refractivity contribution in [3.63, 3.8) is 0 Å². The minimum Gasteiger partial charge on any atom is -0.386 e. The first-order valence-electron chi connectivity index (χ1n) is 5.69. The van der Waals surface area contributed by atoms with Crippen molar-refractivity contribution < 1.29 is 18.7 Å². The average Bonchev–Trinajstić information content (AvgIpc) is 2.91. The van der Waals surface area contributed by atoms with E-state index in [0.29, 0.717) is 9.21 Å². The van der Waals surface area contributed by atoms with Crippen molar-refractivity contribution in [2.24, 2.45) is 0 Å². The summed E-state index contributed by atoms with van der Waals surface area (Å²) in [4.78, 5) is 12.3. The van der Waals surface area contributed by atoms with Gasteiger partial charge in [0.2, 0.25) is 5.91 Å². The van der Waals surface area contributed by atoms with Crippen molar-refractivity contribution in [3.05, 3.63) is 21.3 Å². The van der Waals surface area contributed by atoms with Gasteiger partial charge < -0.3 is 10.4 Å². The van der Waals surface area contributed by atoms with Crippen LogP contribution in [-0.2, 0) is 4.79 Å². The normalized spacial score (nSPS) is 23.3. The van der Waals surface area contributed by atoms with Gasteiger partial charge in [0.15, 0.2) is 0 Å². The molecule has 0 aliphatic carbocycles. The van der Waals surface area contributed by atoms with Gasteiger partial charge in [-0.05, 0) is 12.1 Å². The largest absolute Gasteiger partial charge is 0.386 e. The maximum absolute atomic E-state index is 12.9. The maximum Gasteiger partial charge on any atom is 0.262 e. The molecular weight excluding hydrogens is 298 g/mol. The molecule has 2 atom stereocenters. The summed E-state index contributed by atoms with van der Waals surface area (Å²) in [5, 5.41) is 14.7. The van der Waals surface area contributed by atoms with Crippen LogP contribution in [0.1, 0.15) is 17.4 Å². The van der Waals surface area contributed by atoms with Gasteiger partial charge in [-0.25, -0.2) is 8.78 Å². The first kappa shape index (κ1) is 14.6. The van der Waals surface area contributed by atoms with E-state index in [0.717, 1.165) is 0 Å². The van der Waals surface area contributed by atoms with Crippen molar-refractivity contribution in [3.8, 4) is 0 Å². The summed E-state index contributed by atoms with van der Waals surface area (Å²) in [7, 11) is 0. The van der Waals surface area contributed by atoms with Gasteiger partial charge in [-0.1, -0.05) is 11.6 Å². The zero-order valence-corrected chi connectivity index (χ0v) is 11.4. The van der Waals surface area contributed by atoms with E-state index in [1.165, 1.54) is 11.3 Å². The number of carbonyl (C=O) groups is 1. The van der Waals surface area contributed by atoms with Gasteiger partial charge in [0.05, 0.1) is 16.9 Å². The van der Waals surface area contributed by atoms with E-state index in [1.54, 1.807) is 12.1 Å². The summed E-state index contributed by atoms with van der Waals surface area (Å²) in [5.74, 6) is -3.37. The molecule has 1 aromatic rings. The fourth-order valence-electron chi connectivity index (χ4n) is 1.83. The highest BCUT2D eigenvalue weighted by molar-refractivity contribution is 7.16. The number of aliphatic hydroxyl groups is 1. The molecule has 1 amide bonds. The fourth-order valence-corrected chi connectivity index (χ4v) is 2.88. The Kier molecular flexibility index (Phi) is 4.39. The first-order chi connectivity index (χ1) is 8.87. The number of aliphatic hydroxyl groups excluding tert-OH is 1. The molecule has 8 heteroatoms. The van der Waals surface area contributed by atoms with Crippen LogP contribution in [0.5, 0.6) is 0 Å². The first-order valence-corrected chi connectivity index (χ1v) is 6.89. The molecule has 0 bridgehead atoms. The summed E-state index contributed by atoms with van der Waals surface area (Å²) in [6, 6.07) is 2.39.